The first-order chi connectivity index (χ1) is 13.5. The number of nitrogens with zero attached hydrogens (tertiary/aromatic N) is 2. The molecule has 0 unspecified atom stereocenters. The Kier molecular flexibility index (Phi) is 6.76. The molecule has 1 aromatic rings. The zero-order chi connectivity index (χ0) is 19.9. The zero-order valence-corrected chi connectivity index (χ0v) is 16.1. The molecule has 0 saturated carbocycles. The first-order valence-electron chi connectivity index (χ1n) is 9.65. The number of hydrogen-bond donors (Lipinski definition) is 2. The Morgan fingerprint density at radius 2 is 1.89 bits per heavy atom. The number of carbonyl (C=O) groups excluding carboxylic acids is 3. The fourth-order valence-corrected chi connectivity index (χ4v) is 3.47. The number of anilines is 1. The van der Waals surface area contributed by atoms with Crippen LogP contribution in [-0.4, -0.2) is 54.6 Å². The summed E-state index contributed by atoms with van der Waals surface area (Å²) in [5, 5.41) is 6.83. The average Bonchev–Trinajstić information content (AvgIpc) is 2.72. The van der Waals surface area contributed by atoms with Crippen LogP contribution in [0.15, 0.2) is 23.3 Å². The normalized spacial score (nSPS) is 16.9. The smallest absolute Gasteiger partial charge is 0.329 e. The van der Waals surface area contributed by atoms with E-state index in [0.29, 0.717) is 32.0 Å². The van der Waals surface area contributed by atoms with E-state index in [1.165, 1.54) is 22.4 Å². The van der Waals surface area contributed by atoms with E-state index in [0.717, 1.165) is 24.9 Å². The second-order valence-electron chi connectivity index (χ2n) is 7.07. The molecule has 28 heavy (non-hydrogen) atoms. The molecule has 1 heterocycles. The van der Waals surface area contributed by atoms with E-state index < -0.39 is 11.8 Å². The van der Waals surface area contributed by atoms with Gasteiger partial charge in [-0.3, -0.25) is 14.4 Å². The molecule has 2 aliphatic rings. The highest BCUT2D eigenvalue weighted by atomic mass is 16.5. The molecule has 2 N–H and O–H groups in total. The van der Waals surface area contributed by atoms with Gasteiger partial charge in [0, 0.05) is 24.5 Å². The van der Waals surface area contributed by atoms with Gasteiger partial charge in [-0.05, 0) is 49.8 Å². The van der Waals surface area contributed by atoms with Gasteiger partial charge in [0.2, 0.25) is 5.91 Å². The second kappa shape index (κ2) is 9.45. The third-order valence-corrected chi connectivity index (χ3v) is 4.93. The molecule has 1 saturated heterocycles. The van der Waals surface area contributed by atoms with Crippen LogP contribution in [0.3, 0.4) is 0 Å². The molecule has 3 amide bonds. The molecular weight excluding hydrogens is 360 g/mol. The summed E-state index contributed by atoms with van der Waals surface area (Å²) in [6.45, 7) is 3.26. The van der Waals surface area contributed by atoms with Gasteiger partial charge in [-0.1, -0.05) is 12.1 Å². The lowest BCUT2D eigenvalue weighted by atomic mass is 9.90. The van der Waals surface area contributed by atoms with E-state index in [-0.39, 0.29) is 12.3 Å². The summed E-state index contributed by atoms with van der Waals surface area (Å²) in [5.74, 6) is -1.65. The molecular formula is C20H26N4O4. The molecule has 0 bridgehead atoms. The quantitative estimate of drug-likeness (QED) is 0.462. The number of ether oxygens (including phenoxy) is 1. The standard InChI is InChI=1S/C20H26N4O4/c1-14(22-23-19(26)20(27)24-9-11-28-12-10-24)13-18(25)21-17-8-4-6-15-5-2-3-7-16(15)17/h4,6,8H,2-3,5,7,9-13H2,1H3,(H,21,25)(H,23,26)/b22-14-. The third kappa shape index (κ3) is 5.16. The van der Waals surface area contributed by atoms with Crippen LogP contribution in [0.1, 0.15) is 37.3 Å². The highest BCUT2D eigenvalue weighted by molar-refractivity contribution is 6.35. The van der Waals surface area contributed by atoms with Crippen molar-refractivity contribution in [2.45, 2.75) is 39.0 Å². The molecule has 8 nitrogen and oxygen atoms in total. The number of benzene rings is 1. The highest BCUT2D eigenvalue weighted by Gasteiger charge is 2.23. The fourth-order valence-electron chi connectivity index (χ4n) is 3.47. The molecule has 1 fully saturated rings. The molecule has 0 atom stereocenters. The number of rotatable bonds is 4. The van der Waals surface area contributed by atoms with Crippen LogP contribution in [0.2, 0.25) is 0 Å². The number of carbonyl (C=O) groups is 3. The summed E-state index contributed by atoms with van der Waals surface area (Å²) < 4.78 is 5.16. The average molecular weight is 386 g/mol. The van der Waals surface area contributed by atoms with Gasteiger partial charge in [0.15, 0.2) is 0 Å². The van der Waals surface area contributed by atoms with Crippen LogP contribution in [0.4, 0.5) is 5.69 Å². The molecule has 1 aromatic carbocycles. The number of hydrazone groups is 1. The van der Waals surface area contributed by atoms with Gasteiger partial charge >= 0.3 is 11.8 Å². The molecule has 150 valence electrons. The summed E-state index contributed by atoms with van der Waals surface area (Å²) in [6.07, 6.45) is 4.36. The van der Waals surface area contributed by atoms with Crippen molar-refractivity contribution in [3.63, 3.8) is 0 Å². The summed E-state index contributed by atoms with van der Waals surface area (Å²) in [4.78, 5) is 37.7. The van der Waals surface area contributed by atoms with Crippen LogP contribution in [0.5, 0.6) is 0 Å². The minimum Gasteiger partial charge on any atom is -0.378 e. The summed E-state index contributed by atoms with van der Waals surface area (Å²) in [7, 11) is 0. The van der Waals surface area contributed by atoms with E-state index in [9.17, 15) is 14.4 Å². The van der Waals surface area contributed by atoms with Crippen LogP contribution in [0, 0.1) is 0 Å². The number of amides is 3. The molecule has 0 aromatic heterocycles. The Balaban J connectivity index is 1.51. The molecule has 3 rings (SSSR count). The van der Waals surface area contributed by atoms with E-state index in [1.807, 2.05) is 12.1 Å². The first kappa shape index (κ1) is 20.0. The van der Waals surface area contributed by atoms with Crippen molar-refractivity contribution in [2.24, 2.45) is 5.10 Å². The van der Waals surface area contributed by atoms with Crippen LogP contribution in [-0.2, 0) is 32.0 Å². The molecule has 0 spiro atoms. The van der Waals surface area contributed by atoms with Gasteiger partial charge in [0.05, 0.1) is 19.6 Å². The lowest BCUT2D eigenvalue weighted by Crippen LogP contribution is -2.47. The Bertz CT molecular complexity index is 784. The Hall–Kier alpha value is -2.74. The minimum absolute atomic E-state index is 0.0374. The molecule has 1 aliphatic heterocycles. The van der Waals surface area contributed by atoms with Gasteiger partial charge in [-0.15, -0.1) is 0 Å². The topological polar surface area (TPSA) is 100 Å². The van der Waals surface area contributed by atoms with Gasteiger partial charge in [0.1, 0.15) is 0 Å². The Morgan fingerprint density at radius 3 is 2.68 bits per heavy atom. The summed E-state index contributed by atoms with van der Waals surface area (Å²) in [5.41, 5.74) is 6.01. The molecule has 0 radical (unpaired) electrons. The largest absolute Gasteiger partial charge is 0.378 e. The van der Waals surface area contributed by atoms with Gasteiger partial charge in [-0.2, -0.15) is 5.10 Å². The van der Waals surface area contributed by atoms with E-state index >= 15 is 0 Å². The maximum absolute atomic E-state index is 12.3. The Labute approximate surface area is 164 Å². The lowest BCUT2D eigenvalue weighted by molar-refractivity contribution is -0.148. The van der Waals surface area contributed by atoms with Gasteiger partial charge < -0.3 is 15.0 Å². The van der Waals surface area contributed by atoms with Gasteiger partial charge in [0.25, 0.3) is 0 Å². The van der Waals surface area contributed by atoms with E-state index in [4.69, 9.17) is 4.74 Å². The number of morpholine rings is 1. The van der Waals surface area contributed by atoms with E-state index in [1.54, 1.807) is 6.92 Å². The van der Waals surface area contributed by atoms with Crippen LogP contribution in [0.25, 0.3) is 0 Å². The van der Waals surface area contributed by atoms with Crippen molar-refractivity contribution < 1.29 is 19.1 Å². The van der Waals surface area contributed by atoms with Crippen molar-refractivity contribution >= 4 is 29.1 Å². The number of hydrogen-bond acceptors (Lipinski definition) is 5. The highest BCUT2D eigenvalue weighted by Crippen LogP contribution is 2.27. The minimum atomic E-state index is -0.807. The van der Waals surface area contributed by atoms with Crippen molar-refractivity contribution in [1.82, 2.24) is 10.3 Å². The third-order valence-electron chi connectivity index (χ3n) is 4.93. The maximum Gasteiger partial charge on any atom is 0.329 e. The van der Waals surface area contributed by atoms with E-state index in [2.05, 4.69) is 21.9 Å². The van der Waals surface area contributed by atoms with Gasteiger partial charge in [-0.25, -0.2) is 5.43 Å². The van der Waals surface area contributed by atoms with Crippen molar-refractivity contribution in [1.29, 1.82) is 0 Å². The van der Waals surface area contributed by atoms with Crippen molar-refractivity contribution in [3.05, 3.63) is 29.3 Å². The lowest BCUT2D eigenvalue weighted by Gasteiger charge is -2.25. The zero-order valence-electron chi connectivity index (χ0n) is 16.1. The summed E-state index contributed by atoms with van der Waals surface area (Å²) >= 11 is 0. The Morgan fingerprint density at radius 1 is 1.14 bits per heavy atom. The SMILES string of the molecule is C/C(CC(=O)Nc1cccc2c1CCCC2)=N/NC(=O)C(=O)N1CCOCC1. The molecule has 8 heteroatoms. The monoisotopic (exact) mass is 386 g/mol. The fraction of sp³-hybridized carbons (Fsp3) is 0.500. The summed E-state index contributed by atoms with van der Waals surface area (Å²) in [6, 6.07) is 5.98. The van der Waals surface area contributed by atoms with Crippen LogP contribution < -0.4 is 10.7 Å². The molecule has 1 aliphatic carbocycles. The second-order valence-corrected chi connectivity index (χ2v) is 7.07. The predicted molar refractivity (Wildman–Crippen MR) is 105 cm³/mol. The maximum atomic E-state index is 12.3. The number of fused-ring (bicyclic) bond motifs is 1. The number of nitrogens with one attached hydrogen (secondary N) is 2. The first-order valence-corrected chi connectivity index (χ1v) is 9.65. The predicted octanol–water partition coefficient (Wildman–Crippen LogP) is 1.24. The van der Waals surface area contributed by atoms with Crippen molar-refractivity contribution in [3.8, 4) is 0 Å². The van der Waals surface area contributed by atoms with Crippen LogP contribution >= 0.6 is 0 Å². The number of aryl methyl sites for hydroxylation is 1. The van der Waals surface area contributed by atoms with Crippen molar-refractivity contribution in [2.75, 3.05) is 31.6 Å².